The standard InChI is InChI=1S/C18H22N6O3/c1-27-16-5-3-2-4-14(16)22-8-10-23(11-9-22)18-19-12-15(24(25)26)17(21-18)20-13-6-7-13/h2-5,12-13H,6-11H2,1H3,(H,19,20,21). The molecule has 0 amide bonds. The SMILES string of the molecule is COc1ccccc1N1CCN(c2ncc([N+](=O)[O-])c(NC3CC3)n2)CC1. The minimum Gasteiger partial charge on any atom is -0.495 e. The highest BCUT2D eigenvalue weighted by Gasteiger charge is 2.28. The first-order chi connectivity index (χ1) is 13.2. The van der Waals surface area contributed by atoms with E-state index in [9.17, 15) is 10.1 Å². The summed E-state index contributed by atoms with van der Waals surface area (Å²) in [5.41, 5.74) is 0.999. The lowest BCUT2D eigenvalue weighted by Crippen LogP contribution is -2.47. The number of nitrogens with one attached hydrogen (secondary N) is 1. The predicted octanol–water partition coefficient (Wildman–Crippen LogP) is 2.29. The smallest absolute Gasteiger partial charge is 0.329 e. The average Bonchev–Trinajstić information content (AvgIpc) is 3.52. The van der Waals surface area contributed by atoms with Crippen LogP contribution in [0.25, 0.3) is 0 Å². The molecule has 2 aromatic rings. The van der Waals surface area contributed by atoms with Gasteiger partial charge in [0.25, 0.3) is 0 Å². The molecule has 0 spiro atoms. The number of ether oxygens (including phenoxy) is 1. The van der Waals surface area contributed by atoms with Crippen LogP contribution in [-0.4, -0.2) is 54.2 Å². The monoisotopic (exact) mass is 370 g/mol. The van der Waals surface area contributed by atoms with Crippen molar-refractivity contribution in [2.75, 3.05) is 48.4 Å². The fourth-order valence-corrected chi connectivity index (χ4v) is 3.22. The Morgan fingerprint density at radius 3 is 2.56 bits per heavy atom. The molecule has 0 radical (unpaired) electrons. The minimum absolute atomic E-state index is 0.0710. The fraction of sp³-hybridized carbons (Fsp3) is 0.444. The summed E-state index contributed by atoms with van der Waals surface area (Å²) in [4.78, 5) is 23.8. The molecule has 1 aromatic heterocycles. The third-order valence-corrected chi connectivity index (χ3v) is 4.86. The second-order valence-corrected chi connectivity index (χ2v) is 6.73. The third-order valence-electron chi connectivity index (χ3n) is 4.86. The summed E-state index contributed by atoms with van der Waals surface area (Å²) in [5, 5.41) is 14.4. The van der Waals surface area contributed by atoms with E-state index in [1.807, 2.05) is 18.2 Å². The summed E-state index contributed by atoms with van der Waals surface area (Å²) in [5.74, 6) is 1.71. The highest BCUT2D eigenvalue weighted by Crippen LogP contribution is 2.31. The number of nitrogens with zero attached hydrogens (tertiary/aromatic N) is 5. The topological polar surface area (TPSA) is 96.7 Å². The molecule has 142 valence electrons. The molecule has 9 heteroatoms. The van der Waals surface area contributed by atoms with Crippen molar-refractivity contribution in [3.63, 3.8) is 0 Å². The summed E-state index contributed by atoms with van der Waals surface area (Å²) in [7, 11) is 1.67. The molecule has 2 fully saturated rings. The maximum absolute atomic E-state index is 11.2. The van der Waals surface area contributed by atoms with Gasteiger partial charge in [-0.3, -0.25) is 10.1 Å². The number of rotatable bonds is 6. The predicted molar refractivity (Wildman–Crippen MR) is 103 cm³/mol. The summed E-state index contributed by atoms with van der Waals surface area (Å²) in [6, 6.07) is 8.25. The lowest BCUT2D eigenvalue weighted by Gasteiger charge is -2.36. The fourth-order valence-electron chi connectivity index (χ4n) is 3.22. The van der Waals surface area contributed by atoms with Crippen molar-refractivity contribution < 1.29 is 9.66 Å². The normalized spacial score (nSPS) is 16.9. The molecule has 4 rings (SSSR count). The van der Waals surface area contributed by atoms with Crippen molar-refractivity contribution in [1.82, 2.24) is 9.97 Å². The van der Waals surface area contributed by atoms with Gasteiger partial charge in [-0.05, 0) is 25.0 Å². The number of piperazine rings is 1. The molecule has 1 aromatic carbocycles. The number of benzene rings is 1. The number of nitro groups is 1. The number of anilines is 3. The largest absolute Gasteiger partial charge is 0.495 e. The molecule has 1 saturated heterocycles. The van der Waals surface area contributed by atoms with Crippen LogP contribution in [-0.2, 0) is 0 Å². The minimum atomic E-state index is -0.436. The Hall–Kier alpha value is -3.10. The van der Waals surface area contributed by atoms with Gasteiger partial charge < -0.3 is 19.9 Å². The number of hydrogen-bond acceptors (Lipinski definition) is 8. The molecule has 0 unspecified atom stereocenters. The number of hydrogen-bond donors (Lipinski definition) is 1. The van der Waals surface area contributed by atoms with E-state index >= 15 is 0 Å². The Morgan fingerprint density at radius 2 is 1.89 bits per heavy atom. The average molecular weight is 370 g/mol. The molecular formula is C18H22N6O3. The van der Waals surface area contributed by atoms with Gasteiger partial charge in [-0.15, -0.1) is 0 Å². The van der Waals surface area contributed by atoms with Gasteiger partial charge in [-0.1, -0.05) is 12.1 Å². The number of methoxy groups -OCH3 is 1. The summed E-state index contributed by atoms with van der Waals surface area (Å²) >= 11 is 0. The van der Waals surface area contributed by atoms with E-state index in [1.54, 1.807) is 7.11 Å². The van der Waals surface area contributed by atoms with E-state index in [0.717, 1.165) is 50.5 Å². The van der Waals surface area contributed by atoms with Gasteiger partial charge in [-0.25, -0.2) is 4.98 Å². The van der Waals surface area contributed by atoms with Crippen LogP contribution < -0.4 is 19.9 Å². The van der Waals surface area contributed by atoms with Gasteiger partial charge in [-0.2, -0.15) is 4.98 Å². The lowest BCUT2D eigenvalue weighted by atomic mass is 10.2. The van der Waals surface area contributed by atoms with E-state index in [0.29, 0.717) is 11.8 Å². The molecule has 9 nitrogen and oxygen atoms in total. The summed E-state index contributed by atoms with van der Waals surface area (Å²) in [6.45, 7) is 3.07. The molecule has 0 atom stereocenters. The zero-order valence-electron chi connectivity index (χ0n) is 15.2. The molecule has 2 aliphatic rings. The number of aromatic nitrogens is 2. The number of para-hydroxylation sites is 2. The van der Waals surface area contributed by atoms with Crippen molar-refractivity contribution in [3.8, 4) is 5.75 Å². The quantitative estimate of drug-likeness (QED) is 0.611. The van der Waals surface area contributed by atoms with Crippen LogP contribution in [0.3, 0.4) is 0 Å². The molecule has 1 aliphatic heterocycles. The van der Waals surface area contributed by atoms with E-state index in [-0.39, 0.29) is 11.7 Å². The maximum atomic E-state index is 11.2. The van der Waals surface area contributed by atoms with Gasteiger partial charge >= 0.3 is 5.69 Å². The van der Waals surface area contributed by atoms with Gasteiger partial charge in [0.15, 0.2) is 0 Å². The van der Waals surface area contributed by atoms with E-state index < -0.39 is 4.92 Å². The van der Waals surface area contributed by atoms with Gasteiger partial charge in [0.05, 0.1) is 17.7 Å². The zero-order valence-corrected chi connectivity index (χ0v) is 15.2. The maximum Gasteiger partial charge on any atom is 0.329 e. The Balaban J connectivity index is 1.48. The van der Waals surface area contributed by atoms with Gasteiger partial charge in [0.2, 0.25) is 11.8 Å². The highest BCUT2D eigenvalue weighted by molar-refractivity contribution is 5.61. The highest BCUT2D eigenvalue weighted by atomic mass is 16.6. The Bertz CT molecular complexity index is 834. The molecule has 1 saturated carbocycles. The molecular weight excluding hydrogens is 348 g/mol. The van der Waals surface area contributed by atoms with Gasteiger partial charge in [0.1, 0.15) is 11.9 Å². The van der Waals surface area contributed by atoms with Crippen LogP contribution in [0.2, 0.25) is 0 Å². The third kappa shape index (κ3) is 3.71. The lowest BCUT2D eigenvalue weighted by molar-refractivity contribution is -0.384. The van der Waals surface area contributed by atoms with Gasteiger partial charge in [0, 0.05) is 32.2 Å². The zero-order chi connectivity index (χ0) is 18.8. The van der Waals surface area contributed by atoms with Crippen molar-refractivity contribution in [1.29, 1.82) is 0 Å². The molecule has 1 N–H and O–H groups in total. The first kappa shape index (κ1) is 17.3. The summed E-state index contributed by atoms with van der Waals surface area (Å²) < 4.78 is 5.45. The van der Waals surface area contributed by atoms with E-state index in [4.69, 9.17) is 4.74 Å². The Morgan fingerprint density at radius 1 is 1.19 bits per heavy atom. The molecule has 0 bridgehead atoms. The first-order valence-corrected chi connectivity index (χ1v) is 9.06. The van der Waals surface area contributed by atoms with Crippen molar-refractivity contribution in [2.45, 2.75) is 18.9 Å². The van der Waals surface area contributed by atoms with Crippen LogP contribution in [0, 0.1) is 10.1 Å². The van der Waals surface area contributed by atoms with Crippen LogP contribution in [0.15, 0.2) is 30.5 Å². The van der Waals surface area contributed by atoms with Crippen LogP contribution >= 0.6 is 0 Å². The van der Waals surface area contributed by atoms with E-state index in [1.165, 1.54) is 6.20 Å². The van der Waals surface area contributed by atoms with Crippen molar-refractivity contribution in [3.05, 3.63) is 40.6 Å². The second kappa shape index (κ2) is 7.26. The van der Waals surface area contributed by atoms with Crippen LogP contribution in [0.1, 0.15) is 12.8 Å². The van der Waals surface area contributed by atoms with Crippen LogP contribution in [0.4, 0.5) is 23.1 Å². The first-order valence-electron chi connectivity index (χ1n) is 9.06. The summed E-state index contributed by atoms with van der Waals surface area (Å²) in [6.07, 6.45) is 3.35. The van der Waals surface area contributed by atoms with Crippen molar-refractivity contribution in [2.24, 2.45) is 0 Å². The molecule has 1 aliphatic carbocycles. The second-order valence-electron chi connectivity index (χ2n) is 6.73. The molecule has 27 heavy (non-hydrogen) atoms. The van der Waals surface area contributed by atoms with E-state index in [2.05, 4.69) is 31.2 Å². The Kier molecular flexibility index (Phi) is 4.66. The van der Waals surface area contributed by atoms with Crippen molar-refractivity contribution >= 4 is 23.1 Å². The molecule has 2 heterocycles. The van der Waals surface area contributed by atoms with Crippen LogP contribution in [0.5, 0.6) is 5.75 Å². The Labute approximate surface area is 157 Å².